The van der Waals surface area contributed by atoms with E-state index in [-0.39, 0.29) is 0 Å². The van der Waals surface area contributed by atoms with E-state index in [0.717, 1.165) is 12.6 Å². The van der Waals surface area contributed by atoms with Gasteiger partial charge in [-0.25, -0.2) is 0 Å². The molecule has 1 fully saturated rings. The predicted molar refractivity (Wildman–Crippen MR) is 79.4 cm³/mol. The third-order valence-corrected chi connectivity index (χ3v) is 4.16. The van der Waals surface area contributed by atoms with Crippen LogP contribution in [0, 0.1) is 0 Å². The number of anilines is 1. The number of piperidine rings is 1. The summed E-state index contributed by atoms with van der Waals surface area (Å²) in [4.78, 5) is 2.50. The summed E-state index contributed by atoms with van der Waals surface area (Å²) in [5.74, 6) is 0.576. The van der Waals surface area contributed by atoms with Crippen molar-refractivity contribution in [2.75, 3.05) is 25.5 Å². The van der Waals surface area contributed by atoms with Crippen molar-refractivity contribution in [1.82, 2.24) is 4.90 Å². The summed E-state index contributed by atoms with van der Waals surface area (Å²) in [7, 11) is 2.25. The van der Waals surface area contributed by atoms with E-state index in [4.69, 9.17) is 11.6 Å². The minimum Gasteiger partial charge on any atom is -0.385 e. The maximum Gasteiger partial charge on any atom is 0.0494 e. The Bertz CT molecular complexity index is 367. The van der Waals surface area contributed by atoms with Gasteiger partial charge in [0.2, 0.25) is 0 Å². The maximum atomic E-state index is 5.93. The molecule has 1 heterocycles. The molecule has 1 aromatic rings. The van der Waals surface area contributed by atoms with Crippen LogP contribution in [0.15, 0.2) is 24.3 Å². The van der Waals surface area contributed by atoms with Gasteiger partial charge in [0.1, 0.15) is 0 Å². The van der Waals surface area contributed by atoms with Crippen molar-refractivity contribution in [3.05, 3.63) is 29.8 Å². The summed E-state index contributed by atoms with van der Waals surface area (Å²) < 4.78 is 0. The third-order valence-electron chi connectivity index (χ3n) is 3.88. The second-order valence-corrected chi connectivity index (χ2v) is 5.40. The Kier molecular flexibility index (Phi) is 5.33. The van der Waals surface area contributed by atoms with Crippen LogP contribution in [0.5, 0.6) is 0 Å². The number of hydrogen-bond donors (Lipinski definition) is 1. The molecule has 100 valence electrons. The van der Waals surface area contributed by atoms with Gasteiger partial charge in [-0.3, -0.25) is 0 Å². The SMILES string of the molecule is CN1CCCCC1CCNc1ccccc1CCl. The van der Waals surface area contributed by atoms with Crippen LogP contribution in [0.2, 0.25) is 0 Å². The standard InChI is InChI=1S/C15H23ClN2/c1-18-11-5-4-7-14(18)9-10-17-15-8-3-2-6-13(15)12-16/h2-3,6,8,14,17H,4-5,7,9-12H2,1H3. The zero-order chi connectivity index (χ0) is 12.8. The molecule has 0 bridgehead atoms. The Labute approximate surface area is 115 Å². The minimum atomic E-state index is 0.576. The van der Waals surface area contributed by atoms with Crippen molar-refractivity contribution in [3.8, 4) is 0 Å². The number of para-hydroxylation sites is 1. The molecule has 2 nitrogen and oxygen atoms in total. The molecule has 1 aliphatic rings. The van der Waals surface area contributed by atoms with Crippen molar-refractivity contribution in [2.24, 2.45) is 0 Å². The quantitative estimate of drug-likeness (QED) is 0.818. The first-order chi connectivity index (χ1) is 8.81. The topological polar surface area (TPSA) is 15.3 Å². The molecule has 0 radical (unpaired) electrons. The van der Waals surface area contributed by atoms with Gasteiger partial charge in [0.05, 0.1) is 0 Å². The number of likely N-dealkylation sites (tertiary alicyclic amines) is 1. The molecule has 1 atom stereocenters. The van der Waals surface area contributed by atoms with Gasteiger partial charge in [0.25, 0.3) is 0 Å². The van der Waals surface area contributed by atoms with Gasteiger partial charge in [-0.2, -0.15) is 0 Å². The Morgan fingerprint density at radius 2 is 2.17 bits per heavy atom. The summed E-state index contributed by atoms with van der Waals surface area (Å²) in [6, 6.07) is 9.04. The van der Waals surface area contributed by atoms with E-state index >= 15 is 0 Å². The van der Waals surface area contributed by atoms with Crippen molar-refractivity contribution < 1.29 is 0 Å². The van der Waals surface area contributed by atoms with Gasteiger partial charge >= 0.3 is 0 Å². The lowest BCUT2D eigenvalue weighted by atomic mass is 10.00. The van der Waals surface area contributed by atoms with E-state index in [1.54, 1.807) is 0 Å². The number of benzene rings is 1. The number of alkyl halides is 1. The lowest BCUT2D eigenvalue weighted by molar-refractivity contribution is 0.179. The molecule has 0 aliphatic carbocycles. The fourth-order valence-corrected chi connectivity index (χ4v) is 2.92. The lowest BCUT2D eigenvalue weighted by Crippen LogP contribution is -2.37. The zero-order valence-corrected chi connectivity index (χ0v) is 11.9. The summed E-state index contributed by atoms with van der Waals surface area (Å²) in [6.45, 7) is 2.28. The van der Waals surface area contributed by atoms with Gasteiger partial charge in [-0.1, -0.05) is 24.6 Å². The van der Waals surface area contributed by atoms with Crippen LogP contribution in [-0.2, 0) is 5.88 Å². The molecule has 0 amide bonds. The molecular weight excluding hydrogens is 244 g/mol. The number of rotatable bonds is 5. The third kappa shape index (κ3) is 3.63. The summed E-state index contributed by atoms with van der Waals surface area (Å²) >= 11 is 5.93. The maximum absolute atomic E-state index is 5.93. The number of nitrogens with zero attached hydrogens (tertiary/aromatic N) is 1. The Morgan fingerprint density at radius 3 is 2.94 bits per heavy atom. The lowest BCUT2D eigenvalue weighted by Gasteiger charge is -2.32. The Hall–Kier alpha value is -0.730. The first kappa shape index (κ1) is 13.7. The minimum absolute atomic E-state index is 0.576. The normalized spacial score (nSPS) is 20.9. The van der Waals surface area contributed by atoms with Crippen LogP contribution in [0.25, 0.3) is 0 Å². The smallest absolute Gasteiger partial charge is 0.0494 e. The van der Waals surface area contributed by atoms with Crippen molar-refractivity contribution >= 4 is 17.3 Å². The van der Waals surface area contributed by atoms with Gasteiger partial charge in [0.15, 0.2) is 0 Å². The van der Waals surface area contributed by atoms with Crippen molar-refractivity contribution in [2.45, 2.75) is 37.6 Å². The largest absolute Gasteiger partial charge is 0.385 e. The molecule has 1 unspecified atom stereocenters. The number of nitrogens with one attached hydrogen (secondary N) is 1. The molecule has 1 aromatic carbocycles. The highest BCUT2D eigenvalue weighted by atomic mass is 35.5. The molecule has 0 spiro atoms. The van der Waals surface area contributed by atoms with Gasteiger partial charge in [0, 0.05) is 24.2 Å². The van der Waals surface area contributed by atoms with E-state index in [9.17, 15) is 0 Å². The Balaban J connectivity index is 1.80. The van der Waals surface area contributed by atoms with Gasteiger partial charge < -0.3 is 10.2 Å². The van der Waals surface area contributed by atoms with E-state index in [2.05, 4.69) is 35.5 Å². The molecule has 3 heteroatoms. The number of hydrogen-bond acceptors (Lipinski definition) is 2. The molecule has 18 heavy (non-hydrogen) atoms. The second kappa shape index (κ2) is 7.01. The average molecular weight is 267 g/mol. The summed E-state index contributed by atoms with van der Waals surface area (Å²) in [6.07, 6.45) is 5.30. The molecule has 0 saturated carbocycles. The molecule has 2 rings (SSSR count). The van der Waals surface area contributed by atoms with Crippen LogP contribution < -0.4 is 5.32 Å². The van der Waals surface area contributed by atoms with Crippen LogP contribution in [0.4, 0.5) is 5.69 Å². The average Bonchev–Trinajstić information content (AvgIpc) is 2.41. The van der Waals surface area contributed by atoms with E-state index in [1.165, 1.54) is 43.5 Å². The number of halogens is 1. The summed E-state index contributed by atoms with van der Waals surface area (Å²) in [5.41, 5.74) is 2.38. The zero-order valence-electron chi connectivity index (χ0n) is 11.2. The van der Waals surface area contributed by atoms with E-state index in [0.29, 0.717) is 5.88 Å². The monoisotopic (exact) mass is 266 g/mol. The highest BCUT2D eigenvalue weighted by molar-refractivity contribution is 6.17. The molecule has 0 aromatic heterocycles. The van der Waals surface area contributed by atoms with Crippen molar-refractivity contribution in [1.29, 1.82) is 0 Å². The van der Waals surface area contributed by atoms with E-state index < -0.39 is 0 Å². The highest BCUT2D eigenvalue weighted by Crippen LogP contribution is 2.20. The summed E-state index contributed by atoms with van der Waals surface area (Å²) in [5, 5.41) is 3.52. The Morgan fingerprint density at radius 1 is 1.33 bits per heavy atom. The van der Waals surface area contributed by atoms with Gasteiger partial charge in [-0.15, -0.1) is 11.6 Å². The van der Waals surface area contributed by atoms with Gasteiger partial charge in [-0.05, 0) is 44.5 Å². The van der Waals surface area contributed by atoms with E-state index in [1.807, 2.05) is 6.07 Å². The molecule has 1 aliphatic heterocycles. The molecular formula is C15H23ClN2. The van der Waals surface area contributed by atoms with Crippen molar-refractivity contribution in [3.63, 3.8) is 0 Å². The van der Waals surface area contributed by atoms with Crippen LogP contribution in [0.1, 0.15) is 31.2 Å². The first-order valence-corrected chi connectivity index (χ1v) is 7.42. The highest BCUT2D eigenvalue weighted by Gasteiger charge is 2.17. The predicted octanol–water partition coefficient (Wildman–Crippen LogP) is 3.71. The van der Waals surface area contributed by atoms with Crippen LogP contribution in [0.3, 0.4) is 0 Å². The van der Waals surface area contributed by atoms with Crippen LogP contribution >= 0.6 is 11.6 Å². The first-order valence-electron chi connectivity index (χ1n) is 6.89. The molecule has 1 saturated heterocycles. The molecule has 1 N–H and O–H groups in total. The second-order valence-electron chi connectivity index (χ2n) is 5.14. The van der Waals surface area contributed by atoms with Crippen LogP contribution in [-0.4, -0.2) is 31.1 Å². The fourth-order valence-electron chi connectivity index (χ4n) is 2.69. The fraction of sp³-hybridized carbons (Fsp3) is 0.600.